The van der Waals surface area contributed by atoms with Gasteiger partial charge in [0.25, 0.3) is 5.69 Å². The first kappa shape index (κ1) is 9.45. The van der Waals surface area contributed by atoms with Crippen molar-refractivity contribution >= 4 is 16.6 Å². The Morgan fingerprint density at radius 2 is 1.87 bits per heavy atom. The molecule has 0 N–H and O–H groups in total. The third-order valence-corrected chi connectivity index (χ3v) is 1.97. The van der Waals surface area contributed by atoms with Crippen LogP contribution in [0.2, 0.25) is 0 Å². The molecule has 0 aliphatic rings. The lowest BCUT2D eigenvalue weighted by Gasteiger charge is -2.00. The Labute approximate surface area is 82.3 Å². The Kier molecular flexibility index (Phi) is 2.03. The van der Waals surface area contributed by atoms with E-state index < -0.39 is 27.6 Å². The highest BCUT2D eigenvalue weighted by atomic mass is 19.1. The fraction of sp³-hybridized carbons (Fsp3) is 0. The summed E-state index contributed by atoms with van der Waals surface area (Å²) in [5.74, 6) is -1.72. The topological polar surface area (TPSA) is 56.0 Å². The number of aromatic nitrogens is 1. The molecule has 0 unspecified atom stereocenters. The van der Waals surface area contributed by atoms with Crippen molar-refractivity contribution in [1.82, 2.24) is 4.98 Å². The first-order valence-corrected chi connectivity index (χ1v) is 3.98. The van der Waals surface area contributed by atoms with Crippen LogP contribution in [0.3, 0.4) is 0 Å². The van der Waals surface area contributed by atoms with E-state index in [1.54, 1.807) is 0 Å². The summed E-state index contributed by atoms with van der Waals surface area (Å²) in [7, 11) is 0. The van der Waals surface area contributed by atoms with Crippen LogP contribution in [0.25, 0.3) is 10.9 Å². The molecule has 0 atom stereocenters. The van der Waals surface area contributed by atoms with Gasteiger partial charge < -0.3 is 0 Å². The number of non-ortho nitro benzene ring substituents is 1. The fourth-order valence-corrected chi connectivity index (χ4v) is 1.32. The van der Waals surface area contributed by atoms with Gasteiger partial charge in [-0.25, -0.2) is 13.8 Å². The van der Waals surface area contributed by atoms with E-state index in [0.29, 0.717) is 0 Å². The average molecular weight is 210 g/mol. The first-order valence-electron chi connectivity index (χ1n) is 3.98. The predicted octanol–water partition coefficient (Wildman–Crippen LogP) is 2.42. The molecule has 1 aromatic heterocycles. The Morgan fingerprint density at radius 3 is 2.53 bits per heavy atom. The minimum absolute atomic E-state index is 0.278. The minimum Gasteiger partial charge on any atom is -0.258 e. The zero-order chi connectivity index (χ0) is 11.0. The highest BCUT2D eigenvalue weighted by molar-refractivity contribution is 5.87. The van der Waals surface area contributed by atoms with E-state index in [1.807, 2.05) is 0 Å². The number of benzene rings is 1. The second-order valence-corrected chi connectivity index (χ2v) is 2.84. The molecule has 0 radical (unpaired) electrons. The maximum absolute atomic E-state index is 13.2. The molecular formula is C9H4F2N2O2. The van der Waals surface area contributed by atoms with Gasteiger partial charge in [0.2, 0.25) is 0 Å². The van der Waals surface area contributed by atoms with E-state index in [-0.39, 0.29) is 5.52 Å². The molecule has 15 heavy (non-hydrogen) atoms. The molecule has 0 amide bonds. The molecule has 1 heterocycles. The zero-order valence-electron chi connectivity index (χ0n) is 7.28. The third kappa shape index (κ3) is 1.39. The van der Waals surface area contributed by atoms with Gasteiger partial charge in [-0.2, -0.15) is 0 Å². The van der Waals surface area contributed by atoms with Crippen molar-refractivity contribution in [2.24, 2.45) is 0 Å². The minimum atomic E-state index is -0.860. The van der Waals surface area contributed by atoms with E-state index in [1.165, 1.54) is 0 Å². The number of nitrogens with zero attached hydrogens (tertiary/aromatic N) is 2. The second-order valence-electron chi connectivity index (χ2n) is 2.84. The number of pyridine rings is 1. The molecule has 0 saturated heterocycles. The number of hydrogen-bond acceptors (Lipinski definition) is 3. The molecule has 4 nitrogen and oxygen atoms in total. The Bertz CT molecular complexity index is 549. The summed E-state index contributed by atoms with van der Waals surface area (Å²) in [5, 5.41) is 10.1. The first-order chi connectivity index (χ1) is 7.11. The number of nitro groups is 1. The average Bonchev–Trinajstić information content (AvgIpc) is 2.17. The second kappa shape index (κ2) is 3.23. The molecule has 0 bridgehead atoms. The van der Waals surface area contributed by atoms with E-state index in [2.05, 4.69) is 4.98 Å². The molecule has 0 fully saturated rings. The van der Waals surface area contributed by atoms with Gasteiger partial charge in [0.1, 0.15) is 11.6 Å². The van der Waals surface area contributed by atoms with Crippen LogP contribution in [0, 0.1) is 21.7 Å². The Morgan fingerprint density at radius 1 is 1.20 bits per heavy atom. The normalized spacial score (nSPS) is 10.5. The summed E-state index contributed by atoms with van der Waals surface area (Å²) in [6.07, 6.45) is 1.06. The number of nitro benzene ring substituents is 1. The monoisotopic (exact) mass is 210 g/mol. The van der Waals surface area contributed by atoms with Crippen molar-refractivity contribution in [1.29, 1.82) is 0 Å². The molecule has 1 aromatic carbocycles. The summed E-state index contributed by atoms with van der Waals surface area (Å²) < 4.78 is 26.4. The molecular weight excluding hydrogens is 206 g/mol. The largest absolute Gasteiger partial charge is 0.295 e. The van der Waals surface area contributed by atoms with Gasteiger partial charge in [0.15, 0.2) is 5.52 Å². The van der Waals surface area contributed by atoms with Crippen molar-refractivity contribution < 1.29 is 13.7 Å². The van der Waals surface area contributed by atoms with Crippen molar-refractivity contribution in [2.75, 3.05) is 0 Å². The maximum atomic E-state index is 13.2. The van der Waals surface area contributed by atoms with Crippen LogP contribution in [-0.2, 0) is 0 Å². The van der Waals surface area contributed by atoms with E-state index in [4.69, 9.17) is 0 Å². The van der Waals surface area contributed by atoms with Crippen LogP contribution in [0.4, 0.5) is 14.5 Å². The van der Waals surface area contributed by atoms with Gasteiger partial charge in [-0.3, -0.25) is 10.1 Å². The molecule has 2 rings (SSSR count). The summed E-state index contributed by atoms with van der Waals surface area (Å²) in [6.45, 7) is 0. The summed E-state index contributed by atoms with van der Waals surface area (Å²) in [6, 6.07) is 2.77. The van der Waals surface area contributed by atoms with Crippen LogP contribution >= 0.6 is 0 Å². The number of hydrogen-bond donors (Lipinski definition) is 0. The standard InChI is InChI=1S/C9H4F2N2O2/c10-5-1-2-7(13(14)15)9-8(5)6(11)3-4-12-9/h1-4H. The van der Waals surface area contributed by atoms with Crippen molar-refractivity contribution in [3.63, 3.8) is 0 Å². The lowest BCUT2D eigenvalue weighted by Crippen LogP contribution is -1.95. The van der Waals surface area contributed by atoms with Gasteiger partial charge in [0, 0.05) is 12.3 Å². The predicted molar refractivity (Wildman–Crippen MR) is 48.3 cm³/mol. The highest BCUT2D eigenvalue weighted by Gasteiger charge is 2.18. The summed E-state index contributed by atoms with van der Waals surface area (Å²) in [5.41, 5.74) is -0.689. The Balaban J connectivity index is 2.95. The van der Waals surface area contributed by atoms with Crippen molar-refractivity contribution in [3.8, 4) is 0 Å². The maximum Gasteiger partial charge on any atom is 0.295 e. The van der Waals surface area contributed by atoms with Crippen molar-refractivity contribution in [3.05, 3.63) is 46.1 Å². The van der Waals surface area contributed by atoms with Crippen LogP contribution in [0.5, 0.6) is 0 Å². The molecule has 0 saturated carbocycles. The molecule has 0 spiro atoms. The SMILES string of the molecule is O=[N+]([O-])c1ccc(F)c2c(F)ccnc12. The zero-order valence-corrected chi connectivity index (χ0v) is 7.28. The summed E-state index contributed by atoms with van der Waals surface area (Å²) in [4.78, 5) is 13.4. The smallest absolute Gasteiger partial charge is 0.258 e. The quantitative estimate of drug-likeness (QED) is 0.536. The molecule has 76 valence electrons. The summed E-state index contributed by atoms with van der Waals surface area (Å²) >= 11 is 0. The van der Waals surface area contributed by atoms with Crippen LogP contribution < -0.4 is 0 Å². The van der Waals surface area contributed by atoms with E-state index >= 15 is 0 Å². The van der Waals surface area contributed by atoms with Gasteiger partial charge in [-0.15, -0.1) is 0 Å². The van der Waals surface area contributed by atoms with Gasteiger partial charge in [-0.05, 0) is 12.1 Å². The molecule has 0 aliphatic heterocycles. The van der Waals surface area contributed by atoms with Gasteiger partial charge in [-0.1, -0.05) is 0 Å². The van der Waals surface area contributed by atoms with E-state index in [0.717, 1.165) is 24.4 Å². The lowest BCUT2D eigenvalue weighted by molar-refractivity contribution is -0.383. The van der Waals surface area contributed by atoms with Crippen molar-refractivity contribution in [2.45, 2.75) is 0 Å². The lowest BCUT2D eigenvalue weighted by atomic mass is 10.2. The Hall–Kier alpha value is -2.11. The highest BCUT2D eigenvalue weighted by Crippen LogP contribution is 2.27. The third-order valence-electron chi connectivity index (χ3n) is 1.97. The number of halogens is 2. The van der Waals surface area contributed by atoms with Crippen LogP contribution in [-0.4, -0.2) is 9.91 Å². The fourth-order valence-electron chi connectivity index (χ4n) is 1.32. The van der Waals surface area contributed by atoms with Gasteiger partial charge in [0.05, 0.1) is 10.3 Å². The van der Waals surface area contributed by atoms with Crippen LogP contribution in [0.1, 0.15) is 0 Å². The molecule has 0 aliphatic carbocycles. The molecule has 2 aromatic rings. The van der Waals surface area contributed by atoms with Gasteiger partial charge >= 0.3 is 0 Å². The molecule has 6 heteroatoms. The van der Waals surface area contributed by atoms with Crippen LogP contribution in [0.15, 0.2) is 24.4 Å². The number of fused-ring (bicyclic) bond motifs is 1. The van der Waals surface area contributed by atoms with E-state index in [9.17, 15) is 18.9 Å². The number of rotatable bonds is 1.